The van der Waals surface area contributed by atoms with Gasteiger partial charge in [-0.1, -0.05) is 268 Å². The van der Waals surface area contributed by atoms with Crippen LogP contribution in [0.4, 0.5) is 51.7 Å². The minimum absolute atomic E-state index is 0.419. The van der Waals surface area contributed by atoms with Gasteiger partial charge in [0, 0.05) is 46.3 Å². The third kappa shape index (κ3) is 8.92. The molecule has 0 aromatic heterocycles. The highest BCUT2D eigenvalue weighted by atomic mass is 28.3. The Morgan fingerprint density at radius 1 is 0.258 bits per heavy atom. The monoisotopic (exact) mass is 1270 g/mol. The van der Waals surface area contributed by atoms with Gasteiger partial charge >= 0.3 is 0 Å². The van der Waals surface area contributed by atoms with E-state index in [2.05, 4.69) is 292 Å². The van der Waals surface area contributed by atoms with Crippen molar-refractivity contribution < 1.29 is 17.6 Å². The fourth-order valence-corrected chi connectivity index (χ4v) is 21.5. The molecular formula is C90H60F4N2Si. The third-order valence-corrected chi connectivity index (χ3v) is 25.4. The molecule has 0 amide bonds. The van der Waals surface area contributed by atoms with Crippen molar-refractivity contribution in [3.63, 3.8) is 0 Å². The van der Waals surface area contributed by atoms with Crippen LogP contribution in [0.5, 0.6) is 0 Å². The highest BCUT2D eigenvalue weighted by Crippen LogP contribution is 2.60. The van der Waals surface area contributed by atoms with E-state index in [4.69, 9.17) is 0 Å². The van der Waals surface area contributed by atoms with E-state index in [-0.39, 0.29) is 0 Å². The molecule has 1 aliphatic heterocycles. The number of rotatable bonds is 14. The van der Waals surface area contributed by atoms with Gasteiger partial charge in [0.2, 0.25) is 0 Å². The van der Waals surface area contributed by atoms with Gasteiger partial charge in [-0.15, -0.1) is 0 Å². The fraction of sp³-hybridized carbons (Fsp3) is 0.0222. The Balaban J connectivity index is 0.915. The molecule has 0 radical (unpaired) electrons. The van der Waals surface area contributed by atoms with Crippen molar-refractivity contribution in [2.45, 2.75) is 10.8 Å². The van der Waals surface area contributed by atoms with E-state index < -0.39 is 42.2 Å². The lowest BCUT2D eigenvalue weighted by molar-refractivity contribution is 0.509. The predicted molar refractivity (Wildman–Crippen MR) is 393 cm³/mol. The number of hydrogen-bond acceptors (Lipinski definition) is 2. The zero-order valence-corrected chi connectivity index (χ0v) is 53.7. The Morgan fingerprint density at radius 3 is 0.948 bits per heavy atom. The molecule has 0 fully saturated rings. The van der Waals surface area contributed by atoms with E-state index in [0.29, 0.717) is 22.7 Å². The molecule has 14 aromatic carbocycles. The summed E-state index contributed by atoms with van der Waals surface area (Å²) < 4.78 is 63.5. The summed E-state index contributed by atoms with van der Waals surface area (Å²) in [6.07, 6.45) is 3.71. The van der Waals surface area contributed by atoms with Gasteiger partial charge in [0.25, 0.3) is 0 Å². The van der Waals surface area contributed by atoms with Crippen LogP contribution in [0.2, 0.25) is 0 Å². The fourth-order valence-electron chi connectivity index (χ4n) is 16.4. The molecule has 17 rings (SSSR count). The van der Waals surface area contributed by atoms with E-state index in [1.54, 1.807) is 12.1 Å². The van der Waals surface area contributed by atoms with Gasteiger partial charge in [0.05, 0.1) is 10.8 Å². The minimum Gasteiger partial charge on any atom is -0.310 e. The molecule has 0 saturated carbocycles. The molecule has 14 aromatic rings. The van der Waals surface area contributed by atoms with Crippen LogP contribution in [0, 0.1) is 23.3 Å². The van der Waals surface area contributed by atoms with Gasteiger partial charge in [0.15, 0.2) is 31.3 Å². The van der Waals surface area contributed by atoms with Crippen LogP contribution >= 0.6 is 0 Å². The van der Waals surface area contributed by atoms with Crippen molar-refractivity contribution >= 4 is 75.1 Å². The molecule has 0 spiro atoms. The summed E-state index contributed by atoms with van der Waals surface area (Å²) in [5, 5.41) is 4.60. The number of hydrogen-bond donors (Lipinski definition) is 0. The number of nitrogens with zero attached hydrogens (tertiary/aromatic N) is 2. The van der Waals surface area contributed by atoms with Crippen molar-refractivity contribution in [2.24, 2.45) is 0 Å². The first-order valence-electron chi connectivity index (χ1n) is 32.6. The number of anilines is 6. The summed E-state index contributed by atoms with van der Waals surface area (Å²) in [6, 6.07) is 111. The van der Waals surface area contributed by atoms with Crippen LogP contribution in [0.15, 0.2) is 341 Å². The Morgan fingerprint density at radius 2 is 0.567 bits per heavy atom. The Labute approximate surface area is 563 Å². The van der Waals surface area contributed by atoms with Crippen LogP contribution in [0.25, 0.3) is 45.5 Å². The maximum absolute atomic E-state index is 16.3. The van der Waals surface area contributed by atoms with Crippen molar-refractivity contribution in [2.75, 3.05) is 9.80 Å². The number of benzene rings is 14. The first-order chi connectivity index (χ1) is 47.6. The lowest BCUT2D eigenvalue weighted by Crippen LogP contribution is -2.72. The Kier molecular flexibility index (Phi) is 14.1. The quantitative estimate of drug-likeness (QED) is 0.0791. The highest BCUT2D eigenvalue weighted by Gasteiger charge is 2.51. The van der Waals surface area contributed by atoms with Crippen molar-refractivity contribution in [1.29, 1.82) is 0 Å². The molecule has 3 aliphatic rings. The molecule has 0 bridgehead atoms. The van der Waals surface area contributed by atoms with Gasteiger partial charge in [-0.25, -0.2) is 17.6 Å². The predicted octanol–water partition coefficient (Wildman–Crippen LogP) is 20.6. The molecule has 97 heavy (non-hydrogen) atoms. The molecule has 0 saturated heterocycles. The molecule has 1 heterocycles. The van der Waals surface area contributed by atoms with Gasteiger partial charge in [-0.05, 0) is 183 Å². The maximum Gasteiger partial charge on any atom is 0.180 e. The molecule has 7 heteroatoms. The van der Waals surface area contributed by atoms with Crippen LogP contribution in [-0.2, 0) is 10.8 Å². The molecule has 462 valence electrons. The molecule has 2 nitrogen and oxygen atoms in total. The second-order valence-corrected chi connectivity index (χ2v) is 29.0. The smallest absolute Gasteiger partial charge is 0.180 e. The van der Waals surface area contributed by atoms with Gasteiger partial charge < -0.3 is 9.80 Å². The van der Waals surface area contributed by atoms with Gasteiger partial charge in [0.1, 0.15) is 0 Å². The van der Waals surface area contributed by atoms with Crippen molar-refractivity contribution in [3.8, 4) is 33.4 Å². The first kappa shape index (κ1) is 58.9. The molecule has 2 atom stereocenters. The summed E-state index contributed by atoms with van der Waals surface area (Å²) >= 11 is 0. The summed E-state index contributed by atoms with van der Waals surface area (Å²) in [4.78, 5) is 4.08. The normalized spacial score (nSPS) is 15.7. The van der Waals surface area contributed by atoms with E-state index in [1.165, 1.54) is 34.6 Å². The van der Waals surface area contributed by atoms with E-state index in [1.807, 2.05) is 34.1 Å². The zero-order chi connectivity index (χ0) is 65.6. The molecule has 2 unspecified atom stereocenters. The summed E-state index contributed by atoms with van der Waals surface area (Å²) in [5.41, 5.74) is 18.9. The average Bonchev–Trinajstić information content (AvgIpc) is 1.50. The van der Waals surface area contributed by atoms with Crippen LogP contribution in [-0.4, -0.2) is 8.07 Å². The lowest BCUT2D eigenvalue weighted by Gasteiger charge is -2.35. The topological polar surface area (TPSA) is 6.48 Å². The standard InChI is InChI=1S/C90H60F4N2Si/c1-3-59-33-37-63(38-34-59)89(61-21-9-5-10-22-61)79-31-19-17-29-73(79)75-47-41-67(55-81(75)89)95(69-43-49-83(91)85(93)57-69)65-45-51-87-77(53-65)78-54-66(46-52-88(78)97(87,71-25-13-7-14-26-71)72-27-15-8-16-28-72)96(70-44-50-84(92)86(94)58-70)68-42-48-76-74-30-18-20-32-80(74)90(82(76)56-68,62-23-11-6-12-24-62)64-39-35-60(4-2)36-40-64/h3-58H,1-2H2. The van der Waals surface area contributed by atoms with E-state index in [9.17, 15) is 0 Å². The Hall–Kier alpha value is -11.9. The third-order valence-electron chi connectivity index (χ3n) is 20.5. The molecule has 0 N–H and O–H groups in total. The number of halogens is 4. The SMILES string of the molecule is C=Cc1ccc(C2(c3ccccc3)c3ccccc3-c3ccc(N(c4ccc(F)c(F)c4)c4ccc5c(c4)-c4cc(N(c6ccc(F)c(F)c6)c6ccc7c(c6)C(c6ccccc6)(c6ccc(C=C)cc6)c6ccccc6-7)ccc4[Si]5(c4ccccc4)c4ccccc4)cc32)cc1. The maximum atomic E-state index is 16.3. The van der Waals surface area contributed by atoms with Gasteiger partial charge in [-0.2, -0.15) is 0 Å². The van der Waals surface area contributed by atoms with E-state index >= 15 is 17.6 Å². The highest BCUT2D eigenvalue weighted by molar-refractivity contribution is 7.22. The second-order valence-electron chi connectivity index (χ2n) is 25.2. The zero-order valence-electron chi connectivity index (χ0n) is 52.7. The van der Waals surface area contributed by atoms with Crippen LogP contribution in [0.3, 0.4) is 0 Å². The Bertz CT molecular complexity index is 5110. The second kappa shape index (κ2) is 23.2. The molecular weight excluding hydrogens is 1210 g/mol. The molecule has 2 aliphatic carbocycles. The minimum atomic E-state index is -3.26. The summed E-state index contributed by atoms with van der Waals surface area (Å²) in [7, 11) is -3.26. The van der Waals surface area contributed by atoms with Crippen LogP contribution < -0.4 is 30.5 Å². The largest absolute Gasteiger partial charge is 0.310 e. The van der Waals surface area contributed by atoms with Crippen molar-refractivity contribution in [1.82, 2.24) is 0 Å². The van der Waals surface area contributed by atoms with Gasteiger partial charge in [-0.3, -0.25) is 0 Å². The van der Waals surface area contributed by atoms with Crippen LogP contribution in [0.1, 0.15) is 55.6 Å². The lowest BCUT2D eigenvalue weighted by atomic mass is 9.67. The first-order valence-corrected chi connectivity index (χ1v) is 34.6. The number of fused-ring (bicyclic) bond motifs is 9. The summed E-state index contributed by atoms with van der Waals surface area (Å²) in [5.74, 6) is -3.87. The van der Waals surface area contributed by atoms with Crippen molar-refractivity contribution in [3.05, 3.63) is 420 Å². The average molecular weight is 1270 g/mol. The van der Waals surface area contributed by atoms with E-state index in [0.717, 1.165) is 111 Å². The summed E-state index contributed by atoms with van der Waals surface area (Å²) in [6.45, 7) is 8.16.